The summed E-state index contributed by atoms with van der Waals surface area (Å²) in [5.41, 5.74) is 2.11. The van der Waals surface area contributed by atoms with Gasteiger partial charge < -0.3 is 9.47 Å². The molecule has 1 aliphatic rings. The van der Waals surface area contributed by atoms with Crippen LogP contribution in [0.1, 0.15) is 93.0 Å². The highest BCUT2D eigenvalue weighted by Gasteiger charge is 2.22. The number of carbonyl (C=O) groups is 1. The van der Waals surface area contributed by atoms with Crippen LogP contribution in [0.25, 0.3) is 0 Å². The van der Waals surface area contributed by atoms with Gasteiger partial charge in [-0.3, -0.25) is 4.79 Å². The van der Waals surface area contributed by atoms with Gasteiger partial charge in [0, 0.05) is 5.56 Å². The fourth-order valence-electron chi connectivity index (χ4n) is 4.72. The molecule has 33 heavy (non-hydrogen) atoms. The number of carbonyl (C=O) groups excluding carboxylic acids is 1. The fourth-order valence-corrected chi connectivity index (χ4v) is 4.72. The van der Waals surface area contributed by atoms with E-state index in [2.05, 4.69) is 37.8 Å². The third-order valence-corrected chi connectivity index (χ3v) is 6.81. The van der Waals surface area contributed by atoms with E-state index in [1.165, 1.54) is 63.0 Å². The molecular formula is C30H40O3. The van der Waals surface area contributed by atoms with E-state index in [0.29, 0.717) is 18.8 Å². The summed E-state index contributed by atoms with van der Waals surface area (Å²) in [5.74, 6) is 3.34. The van der Waals surface area contributed by atoms with Gasteiger partial charge in [-0.05, 0) is 98.4 Å². The maximum absolute atomic E-state index is 11.6. The summed E-state index contributed by atoms with van der Waals surface area (Å²) < 4.78 is 11.7. The third-order valence-electron chi connectivity index (χ3n) is 6.81. The molecule has 0 aromatic heterocycles. The molecule has 0 aliphatic heterocycles. The van der Waals surface area contributed by atoms with E-state index in [1.54, 1.807) is 12.1 Å². The summed E-state index contributed by atoms with van der Waals surface area (Å²) in [7, 11) is 0. The van der Waals surface area contributed by atoms with Gasteiger partial charge in [0.2, 0.25) is 0 Å². The van der Waals surface area contributed by atoms with Crippen molar-refractivity contribution < 1.29 is 14.3 Å². The molecule has 0 N–H and O–H groups in total. The molecule has 3 heteroatoms. The van der Waals surface area contributed by atoms with Gasteiger partial charge >= 0.3 is 0 Å². The topological polar surface area (TPSA) is 35.5 Å². The Morgan fingerprint density at radius 2 is 1.42 bits per heavy atom. The second kappa shape index (κ2) is 13.9. The van der Waals surface area contributed by atoms with Crippen molar-refractivity contribution in [1.82, 2.24) is 0 Å². The van der Waals surface area contributed by atoms with Gasteiger partial charge in [0.05, 0.1) is 13.2 Å². The molecular weight excluding hydrogens is 408 g/mol. The number of ketones is 1. The van der Waals surface area contributed by atoms with Gasteiger partial charge in [0.1, 0.15) is 11.5 Å². The highest BCUT2D eigenvalue weighted by Crippen LogP contribution is 2.38. The van der Waals surface area contributed by atoms with E-state index in [9.17, 15) is 4.79 Å². The molecule has 0 bridgehead atoms. The van der Waals surface area contributed by atoms with Gasteiger partial charge in [-0.2, -0.15) is 0 Å². The Morgan fingerprint density at radius 1 is 0.848 bits per heavy atom. The molecule has 0 atom stereocenters. The highest BCUT2D eigenvalue weighted by atomic mass is 16.5. The number of hydrogen-bond acceptors (Lipinski definition) is 3. The van der Waals surface area contributed by atoms with Crippen LogP contribution in [0.4, 0.5) is 0 Å². The minimum absolute atomic E-state index is 0.0723. The largest absolute Gasteiger partial charge is 0.494 e. The fraction of sp³-hybridized carbons (Fsp3) is 0.500. The van der Waals surface area contributed by atoms with Crippen LogP contribution < -0.4 is 9.47 Å². The SMILES string of the molecule is C=CC(=O)c1ccc(OCCCCOc2ccc(C3CCC(CCCCC)CC3)cc2)cc1. The van der Waals surface area contributed by atoms with Crippen molar-refractivity contribution in [2.24, 2.45) is 5.92 Å². The Labute approximate surface area is 200 Å². The van der Waals surface area contributed by atoms with Crippen molar-refractivity contribution in [2.75, 3.05) is 13.2 Å². The van der Waals surface area contributed by atoms with Crippen molar-refractivity contribution in [3.05, 3.63) is 72.3 Å². The average Bonchev–Trinajstić information content (AvgIpc) is 2.87. The summed E-state index contributed by atoms with van der Waals surface area (Å²) in [6.45, 7) is 7.12. The molecule has 0 unspecified atom stereocenters. The molecule has 178 valence electrons. The number of benzene rings is 2. The van der Waals surface area contributed by atoms with Crippen molar-refractivity contribution in [1.29, 1.82) is 0 Å². The molecule has 1 aliphatic carbocycles. The van der Waals surface area contributed by atoms with Gasteiger partial charge in [-0.25, -0.2) is 0 Å². The first-order chi connectivity index (χ1) is 16.2. The summed E-state index contributed by atoms with van der Waals surface area (Å²) in [5, 5.41) is 0. The standard InChI is InChI=1S/C30H40O3/c1-3-5-6-9-24-10-12-25(13-11-24)26-14-18-28(19-15-26)32-22-7-8-23-33-29-20-16-27(17-21-29)30(31)4-2/h4,14-21,24-25H,2-3,5-13,22-23H2,1H3. The Morgan fingerprint density at radius 3 is 1.97 bits per heavy atom. The van der Waals surface area contributed by atoms with E-state index in [0.717, 1.165) is 36.2 Å². The molecule has 2 aromatic rings. The van der Waals surface area contributed by atoms with E-state index < -0.39 is 0 Å². The number of allylic oxidation sites excluding steroid dienone is 1. The number of unbranched alkanes of at least 4 members (excludes halogenated alkanes) is 3. The van der Waals surface area contributed by atoms with Crippen molar-refractivity contribution in [2.45, 2.75) is 77.0 Å². The zero-order valence-corrected chi connectivity index (χ0v) is 20.3. The lowest BCUT2D eigenvalue weighted by Crippen LogP contribution is -2.13. The van der Waals surface area contributed by atoms with Crippen LogP contribution in [0.2, 0.25) is 0 Å². The van der Waals surface area contributed by atoms with Gasteiger partial charge in [0.15, 0.2) is 5.78 Å². The molecule has 1 saturated carbocycles. The number of ether oxygens (including phenoxy) is 2. The first kappa shape index (κ1) is 25.1. The quantitative estimate of drug-likeness (QED) is 0.166. The minimum atomic E-state index is -0.0723. The zero-order chi connectivity index (χ0) is 23.3. The summed E-state index contributed by atoms with van der Waals surface area (Å²) in [6, 6.07) is 16.0. The van der Waals surface area contributed by atoms with E-state index in [-0.39, 0.29) is 5.78 Å². The molecule has 3 nitrogen and oxygen atoms in total. The van der Waals surface area contributed by atoms with E-state index in [1.807, 2.05) is 12.1 Å². The summed E-state index contributed by atoms with van der Waals surface area (Å²) >= 11 is 0. The number of rotatable bonds is 14. The smallest absolute Gasteiger partial charge is 0.185 e. The van der Waals surface area contributed by atoms with Gasteiger partial charge in [0.25, 0.3) is 0 Å². The van der Waals surface area contributed by atoms with Crippen LogP contribution in [0.5, 0.6) is 11.5 Å². The van der Waals surface area contributed by atoms with Crippen LogP contribution in [0.3, 0.4) is 0 Å². The lowest BCUT2D eigenvalue weighted by Gasteiger charge is -2.29. The molecule has 3 rings (SSSR count). The second-order valence-corrected chi connectivity index (χ2v) is 9.28. The van der Waals surface area contributed by atoms with Gasteiger partial charge in [-0.15, -0.1) is 0 Å². The normalized spacial score (nSPS) is 18.0. The Hall–Kier alpha value is -2.55. The van der Waals surface area contributed by atoms with E-state index in [4.69, 9.17) is 9.47 Å². The molecule has 0 saturated heterocycles. The maximum atomic E-state index is 11.6. The van der Waals surface area contributed by atoms with Gasteiger partial charge in [-0.1, -0.05) is 51.3 Å². The molecule has 2 aromatic carbocycles. The molecule has 0 spiro atoms. The van der Waals surface area contributed by atoms with Crippen LogP contribution in [0, 0.1) is 5.92 Å². The first-order valence-corrected chi connectivity index (χ1v) is 12.8. The lowest BCUT2D eigenvalue weighted by atomic mass is 9.77. The number of hydrogen-bond donors (Lipinski definition) is 0. The van der Waals surface area contributed by atoms with Crippen molar-refractivity contribution >= 4 is 5.78 Å². The Kier molecular flexibility index (Phi) is 10.5. The maximum Gasteiger partial charge on any atom is 0.185 e. The van der Waals surface area contributed by atoms with Crippen LogP contribution in [0.15, 0.2) is 61.2 Å². The molecule has 0 heterocycles. The predicted octanol–water partition coefficient (Wildman–Crippen LogP) is 8.15. The Balaban J connectivity index is 1.29. The van der Waals surface area contributed by atoms with Crippen LogP contribution in [-0.2, 0) is 0 Å². The van der Waals surface area contributed by atoms with Crippen LogP contribution >= 0.6 is 0 Å². The molecule has 1 fully saturated rings. The molecule has 0 radical (unpaired) electrons. The summed E-state index contributed by atoms with van der Waals surface area (Å²) in [4.78, 5) is 11.6. The summed E-state index contributed by atoms with van der Waals surface area (Å²) in [6.07, 6.45) is 14.2. The highest BCUT2D eigenvalue weighted by molar-refractivity contribution is 6.04. The average molecular weight is 449 g/mol. The predicted molar refractivity (Wildman–Crippen MR) is 136 cm³/mol. The first-order valence-electron chi connectivity index (χ1n) is 12.8. The third kappa shape index (κ3) is 8.38. The molecule has 0 amide bonds. The minimum Gasteiger partial charge on any atom is -0.494 e. The van der Waals surface area contributed by atoms with Crippen LogP contribution in [-0.4, -0.2) is 19.0 Å². The monoisotopic (exact) mass is 448 g/mol. The zero-order valence-electron chi connectivity index (χ0n) is 20.3. The lowest BCUT2D eigenvalue weighted by molar-refractivity contribution is 0.104. The Bertz CT molecular complexity index is 830. The van der Waals surface area contributed by atoms with Crippen molar-refractivity contribution in [3.63, 3.8) is 0 Å². The van der Waals surface area contributed by atoms with Crippen molar-refractivity contribution in [3.8, 4) is 11.5 Å². The second-order valence-electron chi connectivity index (χ2n) is 9.28. The van der Waals surface area contributed by atoms with E-state index >= 15 is 0 Å².